The van der Waals surface area contributed by atoms with E-state index in [1.54, 1.807) is 33.0 Å². The van der Waals surface area contributed by atoms with E-state index < -0.39 is 17.4 Å². The molecular formula is C21H26FN3O3. The van der Waals surface area contributed by atoms with Crippen LogP contribution < -0.4 is 5.73 Å². The van der Waals surface area contributed by atoms with Crippen molar-refractivity contribution in [3.8, 4) is 11.3 Å². The van der Waals surface area contributed by atoms with E-state index in [4.69, 9.17) is 10.5 Å². The monoisotopic (exact) mass is 387 g/mol. The molecule has 1 heterocycles. The van der Waals surface area contributed by atoms with Gasteiger partial charge in [-0.3, -0.25) is 4.98 Å². The fraction of sp³-hybridized carbons (Fsp3) is 0.476. The molecule has 1 aliphatic carbocycles. The molecule has 3 rings (SSSR count). The predicted molar refractivity (Wildman–Crippen MR) is 104 cm³/mol. The summed E-state index contributed by atoms with van der Waals surface area (Å²) in [4.78, 5) is 20.9. The van der Waals surface area contributed by atoms with Gasteiger partial charge in [-0.15, -0.1) is 0 Å². The van der Waals surface area contributed by atoms with E-state index >= 15 is 0 Å². The number of carbonyl (C=O) groups excluding carboxylic acids is 1. The van der Waals surface area contributed by atoms with Crippen molar-refractivity contribution in [2.45, 2.75) is 64.1 Å². The van der Waals surface area contributed by atoms with E-state index in [0.717, 1.165) is 31.4 Å². The molecule has 28 heavy (non-hydrogen) atoms. The van der Waals surface area contributed by atoms with Crippen LogP contribution in [0.3, 0.4) is 0 Å². The number of hydrogen-bond donors (Lipinski definition) is 2. The number of aliphatic hydroxyl groups excluding tert-OH is 1. The molecule has 150 valence electrons. The van der Waals surface area contributed by atoms with Gasteiger partial charge in [-0.05, 0) is 58.6 Å². The maximum absolute atomic E-state index is 14.5. The number of nitrogens with zero attached hydrogens (tertiary/aromatic N) is 2. The van der Waals surface area contributed by atoms with Crippen molar-refractivity contribution in [1.82, 2.24) is 9.97 Å². The molecular weight excluding hydrogens is 361 g/mol. The van der Waals surface area contributed by atoms with Crippen molar-refractivity contribution in [2.24, 2.45) is 0 Å². The summed E-state index contributed by atoms with van der Waals surface area (Å²) in [5.41, 5.74) is 6.84. The van der Waals surface area contributed by atoms with E-state index in [1.807, 2.05) is 0 Å². The SMILES string of the molecule is CC(C)(C)OC(=O)c1ccc(-c2ncc(C3CCC(O)CC3)nc2N)cc1F. The van der Waals surface area contributed by atoms with Crippen LogP contribution in [0.2, 0.25) is 0 Å². The van der Waals surface area contributed by atoms with Crippen LogP contribution in [0.5, 0.6) is 0 Å². The second-order valence-corrected chi connectivity index (χ2v) is 8.23. The lowest BCUT2D eigenvalue weighted by Crippen LogP contribution is -2.24. The first-order valence-electron chi connectivity index (χ1n) is 9.48. The number of benzene rings is 1. The molecule has 1 saturated carbocycles. The number of anilines is 1. The van der Waals surface area contributed by atoms with E-state index in [-0.39, 0.29) is 23.4 Å². The first-order valence-corrected chi connectivity index (χ1v) is 9.48. The molecule has 0 saturated heterocycles. The lowest BCUT2D eigenvalue weighted by Gasteiger charge is -2.25. The summed E-state index contributed by atoms with van der Waals surface area (Å²) < 4.78 is 19.7. The van der Waals surface area contributed by atoms with Gasteiger partial charge in [-0.1, -0.05) is 6.07 Å². The Labute approximate surface area is 164 Å². The van der Waals surface area contributed by atoms with Gasteiger partial charge in [0.2, 0.25) is 0 Å². The van der Waals surface area contributed by atoms with Crippen LogP contribution in [-0.2, 0) is 4.74 Å². The largest absolute Gasteiger partial charge is 0.456 e. The molecule has 0 bridgehead atoms. The van der Waals surface area contributed by atoms with Crippen LogP contribution >= 0.6 is 0 Å². The van der Waals surface area contributed by atoms with Crippen LogP contribution in [0, 0.1) is 5.82 Å². The molecule has 0 atom stereocenters. The minimum absolute atomic E-state index is 0.136. The number of carbonyl (C=O) groups is 1. The molecule has 3 N–H and O–H groups in total. The smallest absolute Gasteiger partial charge is 0.341 e. The van der Waals surface area contributed by atoms with Crippen LogP contribution in [0.4, 0.5) is 10.2 Å². The summed E-state index contributed by atoms with van der Waals surface area (Å²) in [6, 6.07) is 4.17. The molecule has 0 amide bonds. The zero-order chi connectivity index (χ0) is 20.5. The molecule has 0 radical (unpaired) electrons. The maximum Gasteiger partial charge on any atom is 0.341 e. The Kier molecular flexibility index (Phi) is 5.65. The Bertz CT molecular complexity index is 872. The normalized spacial score (nSPS) is 20.0. The summed E-state index contributed by atoms with van der Waals surface area (Å²) in [6.45, 7) is 5.17. The molecule has 0 unspecified atom stereocenters. The quantitative estimate of drug-likeness (QED) is 0.777. The van der Waals surface area contributed by atoms with Gasteiger partial charge in [-0.25, -0.2) is 14.2 Å². The highest BCUT2D eigenvalue weighted by atomic mass is 19.1. The Morgan fingerprint density at radius 1 is 1.25 bits per heavy atom. The zero-order valence-corrected chi connectivity index (χ0v) is 16.4. The average Bonchev–Trinajstić information content (AvgIpc) is 2.60. The summed E-state index contributed by atoms with van der Waals surface area (Å²) in [6.07, 6.45) is 4.58. The minimum Gasteiger partial charge on any atom is -0.456 e. The van der Waals surface area contributed by atoms with Crippen molar-refractivity contribution < 1.29 is 19.0 Å². The number of ether oxygens (including phenoxy) is 1. The lowest BCUT2D eigenvalue weighted by molar-refractivity contribution is 0.00647. The maximum atomic E-state index is 14.5. The minimum atomic E-state index is -0.717. The van der Waals surface area contributed by atoms with Crippen LogP contribution in [0.1, 0.15) is 68.4 Å². The highest BCUT2D eigenvalue weighted by Crippen LogP contribution is 2.33. The van der Waals surface area contributed by atoms with Crippen LogP contribution in [-0.4, -0.2) is 32.7 Å². The van der Waals surface area contributed by atoms with E-state index in [0.29, 0.717) is 11.3 Å². The van der Waals surface area contributed by atoms with Gasteiger partial charge in [0.05, 0.1) is 17.4 Å². The summed E-state index contributed by atoms with van der Waals surface area (Å²) in [5.74, 6) is -0.977. The second-order valence-electron chi connectivity index (χ2n) is 8.23. The van der Waals surface area contributed by atoms with Crippen molar-refractivity contribution in [3.05, 3.63) is 41.5 Å². The molecule has 1 aromatic carbocycles. The van der Waals surface area contributed by atoms with Crippen LogP contribution in [0.25, 0.3) is 11.3 Å². The summed E-state index contributed by atoms with van der Waals surface area (Å²) in [5, 5.41) is 9.64. The van der Waals surface area contributed by atoms with Crippen molar-refractivity contribution >= 4 is 11.8 Å². The molecule has 7 heteroatoms. The molecule has 0 aliphatic heterocycles. The zero-order valence-electron chi connectivity index (χ0n) is 16.4. The van der Waals surface area contributed by atoms with E-state index in [9.17, 15) is 14.3 Å². The third kappa shape index (κ3) is 4.65. The van der Waals surface area contributed by atoms with E-state index in [2.05, 4.69) is 9.97 Å². The number of nitrogens with two attached hydrogens (primary N) is 1. The number of halogens is 1. The molecule has 1 fully saturated rings. The number of rotatable bonds is 3. The van der Waals surface area contributed by atoms with E-state index in [1.165, 1.54) is 12.1 Å². The molecule has 2 aromatic rings. The average molecular weight is 387 g/mol. The number of nitrogen functional groups attached to an aromatic ring is 1. The van der Waals surface area contributed by atoms with Gasteiger partial charge >= 0.3 is 5.97 Å². The standard InChI is InChI=1S/C21H26FN3O3/c1-21(2,3)28-20(27)15-9-6-13(10-16(15)22)18-19(23)25-17(11-24-18)12-4-7-14(26)8-5-12/h6,9-12,14,26H,4-5,7-8H2,1-3H3,(H2,23,25). The number of hydrogen-bond acceptors (Lipinski definition) is 6. The highest BCUT2D eigenvalue weighted by molar-refractivity contribution is 5.90. The van der Waals surface area contributed by atoms with Gasteiger partial charge in [0.15, 0.2) is 0 Å². The van der Waals surface area contributed by atoms with Crippen LogP contribution in [0.15, 0.2) is 24.4 Å². The Morgan fingerprint density at radius 3 is 2.50 bits per heavy atom. The lowest BCUT2D eigenvalue weighted by atomic mass is 9.85. The Balaban J connectivity index is 1.82. The topological polar surface area (TPSA) is 98.3 Å². The Morgan fingerprint density at radius 2 is 1.93 bits per heavy atom. The van der Waals surface area contributed by atoms with Gasteiger partial charge in [0.1, 0.15) is 22.9 Å². The highest BCUT2D eigenvalue weighted by Gasteiger charge is 2.24. The van der Waals surface area contributed by atoms with Crippen molar-refractivity contribution in [1.29, 1.82) is 0 Å². The summed E-state index contributed by atoms with van der Waals surface area (Å²) >= 11 is 0. The van der Waals surface area contributed by atoms with Gasteiger partial charge in [-0.2, -0.15) is 0 Å². The molecule has 0 spiro atoms. The molecule has 1 aromatic heterocycles. The fourth-order valence-electron chi connectivity index (χ4n) is 3.37. The molecule has 6 nitrogen and oxygen atoms in total. The van der Waals surface area contributed by atoms with Gasteiger partial charge in [0.25, 0.3) is 0 Å². The predicted octanol–water partition coefficient (Wildman–Crippen LogP) is 3.84. The number of esters is 1. The number of aromatic nitrogens is 2. The first kappa shape index (κ1) is 20.2. The third-order valence-electron chi connectivity index (χ3n) is 4.79. The Hall–Kier alpha value is -2.54. The third-order valence-corrected chi connectivity index (χ3v) is 4.79. The summed E-state index contributed by atoms with van der Waals surface area (Å²) in [7, 11) is 0. The number of aliphatic hydroxyl groups is 1. The fourth-order valence-corrected chi connectivity index (χ4v) is 3.37. The first-order chi connectivity index (χ1) is 13.1. The molecule has 1 aliphatic rings. The van der Waals surface area contributed by atoms with Crippen molar-refractivity contribution in [3.63, 3.8) is 0 Å². The van der Waals surface area contributed by atoms with Gasteiger partial charge < -0.3 is 15.6 Å². The second kappa shape index (κ2) is 7.83. The van der Waals surface area contributed by atoms with Crippen molar-refractivity contribution in [2.75, 3.05) is 5.73 Å². The van der Waals surface area contributed by atoms with Gasteiger partial charge in [0, 0.05) is 17.7 Å².